The number of hydrogen-bond acceptors (Lipinski definition) is 10. The molecule has 188 valence electrons. The number of rotatable bonds is 9. The van der Waals surface area contributed by atoms with Crippen LogP contribution in [-0.2, 0) is 42.0 Å². The normalized spacial score (nSPS) is 26.9. The molecule has 1 saturated heterocycles. The number of esters is 2. The van der Waals surface area contributed by atoms with Crippen LogP contribution in [0.2, 0.25) is 0 Å². The van der Waals surface area contributed by atoms with Gasteiger partial charge in [-0.2, -0.15) is 0 Å². The zero-order valence-corrected chi connectivity index (χ0v) is 20.9. The summed E-state index contributed by atoms with van der Waals surface area (Å²) in [6, 6.07) is 0. The number of phosphoric ester groups is 1. The summed E-state index contributed by atoms with van der Waals surface area (Å²) in [5, 5.41) is 2.61. The summed E-state index contributed by atoms with van der Waals surface area (Å²) >= 11 is 0. The highest BCUT2D eigenvalue weighted by Crippen LogP contribution is 2.57. The Labute approximate surface area is 194 Å². The van der Waals surface area contributed by atoms with Crippen molar-refractivity contribution < 1.29 is 42.0 Å². The highest BCUT2D eigenvalue weighted by Gasteiger charge is 2.49. The first-order valence-electron chi connectivity index (χ1n) is 11.0. The minimum Gasteiger partial charge on any atom is -0.465 e. The van der Waals surface area contributed by atoms with Gasteiger partial charge in [0.15, 0.2) is 6.10 Å². The lowest BCUT2D eigenvalue weighted by Crippen LogP contribution is -2.50. The molecular formula is C21H35N2O9P. The Morgan fingerprint density at radius 3 is 2.61 bits per heavy atom. The summed E-state index contributed by atoms with van der Waals surface area (Å²) in [4.78, 5) is 40.6. The topological polar surface area (TPSA) is 139 Å². The van der Waals surface area contributed by atoms with Crippen LogP contribution < -0.4 is 5.32 Å². The van der Waals surface area contributed by atoms with Gasteiger partial charge in [0.05, 0.1) is 25.0 Å². The van der Waals surface area contributed by atoms with Crippen LogP contribution in [0.5, 0.6) is 0 Å². The van der Waals surface area contributed by atoms with Crippen molar-refractivity contribution in [3.63, 3.8) is 0 Å². The van der Waals surface area contributed by atoms with Crippen LogP contribution in [0.4, 0.5) is 0 Å². The third-order valence-corrected chi connectivity index (χ3v) is 6.47. The summed E-state index contributed by atoms with van der Waals surface area (Å²) in [6.07, 6.45) is 2.35. The van der Waals surface area contributed by atoms with Gasteiger partial charge in [0.25, 0.3) is 0 Å². The van der Waals surface area contributed by atoms with Crippen molar-refractivity contribution in [1.82, 2.24) is 5.32 Å². The van der Waals surface area contributed by atoms with Crippen LogP contribution in [0.25, 0.3) is 0 Å². The highest BCUT2D eigenvalue weighted by molar-refractivity contribution is 7.48. The minimum absolute atomic E-state index is 0.00683. The third kappa shape index (κ3) is 8.81. The maximum absolute atomic E-state index is 12.8. The zero-order chi connectivity index (χ0) is 24.7. The van der Waals surface area contributed by atoms with Crippen molar-refractivity contribution in [2.24, 2.45) is 21.7 Å². The molecule has 0 aromatic heterocycles. The lowest BCUT2D eigenvalue weighted by Gasteiger charge is -2.39. The summed E-state index contributed by atoms with van der Waals surface area (Å²) < 4.78 is 38.6. The van der Waals surface area contributed by atoms with Crippen molar-refractivity contribution in [3.05, 3.63) is 0 Å². The molecular weight excluding hydrogens is 455 g/mol. The molecule has 0 bridgehead atoms. The SMILES string of the molecule is CC(C)(C)C(=O)OCOP1(=O)OCC(C)(C)[C@H](C(=O)NCCC(=O)OCC2CC=NCC2)O1. The van der Waals surface area contributed by atoms with E-state index in [1.807, 2.05) is 6.21 Å². The van der Waals surface area contributed by atoms with Crippen LogP contribution in [0.1, 0.15) is 53.9 Å². The fourth-order valence-electron chi connectivity index (χ4n) is 2.96. The molecule has 0 spiro atoms. The van der Waals surface area contributed by atoms with E-state index in [1.165, 1.54) is 0 Å². The van der Waals surface area contributed by atoms with Crippen LogP contribution in [0.15, 0.2) is 4.99 Å². The Balaban J connectivity index is 1.79. The molecule has 2 unspecified atom stereocenters. The van der Waals surface area contributed by atoms with Gasteiger partial charge < -0.3 is 14.8 Å². The number of nitrogens with one attached hydrogen (secondary N) is 1. The Kier molecular flexibility index (Phi) is 9.60. The number of hydrogen-bond donors (Lipinski definition) is 1. The van der Waals surface area contributed by atoms with Crippen LogP contribution in [-0.4, -0.2) is 63.3 Å². The molecule has 2 heterocycles. The molecule has 1 amide bonds. The first-order chi connectivity index (χ1) is 15.3. The van der Waals surface area contributed by atoms with Gasteiger partial charge in [0.1, 0.15) is 0 Å². The fourth-order valence-corrected chi connectivity index (χ4v) is 4.47. The summed E-state index contributed by atoms with van der Waals surface area (Å²) in [5.74, 6) is -1.26. The first-order valence-corrected chi connectivity index (χ1v) is 12.4. The second-order valence-corrected chi connectivity index (χ2v) is 11.4. The monoisotopic (exact) mass is 490 g/mol. The molecule has 0 aromatic rings. The number of aliphatic imine (C=N–C) groups is 1. The van der Waals surface area contributed by atoms with E-state index in [2.05, 4.69) is 10.3 Å². The standard InChI is InChI=1S/C21H35N2O9P/c1-20(2,3)19(26)29-14-31-33(27)30-13-21(4,5)17(32-33)18(25)23-11-8-16(24)28-12-15-6-9-22-10-7-15/h9,15,17H,6-8,10-14H2,1-5H3,(H,23,25)/t15?,17-,33?/m0/s1. The van der Waals surface area contributed by atoms with Crippen LogP contribution in [0, 0.1) is 16.7 Å². The fraction of sp³-hybridized carbons (Fsp3) is 0.810. The first kappa shape index (κ1) is 27.4. The lowest BCUT2D eigenvalue weighted by atomic mass is 9.87. The second-order valence-electron chi connectivity index (χ2n) is 9.83. The highest BCUT2D eigenvalue weighted by atomic mass is 31.2. The Morgan fingerprint density at radius 2 is 1.97 bits per heavy atom. The van der Waals surface area contributed by atoms with Gasteiger partial charge >= 0.3 is 19.8 Å². The quantitative estimate of drug-likeness (QED) is 0.293. The van der Waals surface area contributed by atoms with E-state index in [4.69, 9.17) is 23.0 Å². The molecule has 0 aliphatic carbocycles. The van der Waals surface area contributed by atoms with E-state index < -0.39 is 49.4 Å². The lowest BCUT2D eigenvalue weighted by molar-refractivity contribution is -0.163. The van der Waals surface area contributed by atoms with Crippen molar-refractivity contribution >= 4 is 31.9 Å². The number of carbonyl (C=O) groups is 3. The minimum atomic E-state index is -4.13. The van der Waals surface area contributed by atoms with Crippen molar-refractivity contribution in [1.29, 1.82) is 0 Å². The van der Waals surface area contributed by atoms with Gasteiger partial charge in [-0.1, -0.05) is 13.8 Å². The number of amides is 1. The molecule has 2 aliphatic heterocycles. The summed E-state index contributed by atoms with van der Waals surface area (Å²) in [6.45, 7) is 8.79. The number of ether oxygens (including phenoxy) is 2. The molecule has 3 atom stereocenters. The van der Waals surface area contributed by atoms with Crippen molar-refractivity contribution in [2.75, 3.05) is 33.1 Å². The third-order valence-electron chi connectivity index (χ3n) is 5.13. The molecule has 1 fully saturated rings. The Bertz CT molecular complexity index is 791. The van der Waals surface area contributed by atoms with Crippen LogP contribution >= 0.6 is 7.82 Å². The molecule has 11 nitrogen and oxygen atoms in total. The number of nitrogens with zero attached hydrogens (tertiary/aromatic N) is 1. The van der Waals surface area contributed by atoms with E-state index >= 15 is 0 Å². The maximum Gasteiger partial charge on any atom is 0.478 e. The van der Waals surface area contributed by atoms with Gasteiger partial charge in [0.2, 0.25) is 12.7 Å². The average Bonchev–Trinajstić information content (AvgIpc) is 2.74. The summed E-state index contributed by atoms with van der Waals surface area (Å²) in [5.41, 5.74) is -1.57. The molecule has 0 radical (unpaired) electrons. The Morgan fingerprint density at radius 1 is 1.24 bits per heavy atom. The Hall–Kier alpha value is -1.81. The maximum atomic E-state index is 12.8. The predicted molar refractivity (Wildman–Crippen MR) is 118 cm³/mol. The van der Waals surface area contributed by atoms with Gasteiger partial charge in [-0.15, -0.1) is 0 Å². The predicted octanol–water partition coefficient (Wildman–Crippen LogP) is 2.63. The smallest absolute Gasteiger partial charge is 0.465 e. The molecule has 2 rings (SSSR count). The van der Waals surface area contributed by atoms with Crippen molar-refractivity contribution in [2.45, 2.75) is 60.0 Å². The molecule has 0 aromatic carbocycles. The summed E-state index contributed by atoms with van der Waals surface area (Å²) in [7, 11) is -4.13. The molecule has 0 saturated carbocycles. The van der Waals surface area contributed by atoms with E-state index in [9.17, 15) is 18.9 Å². The van der Waals surface area contributed by atoms with E-state index in [0.29, 0.717) is 6.61 Å². The van der Waals surface area contributed by atoms with Gasteiger partial charge in [-0.3, -0.25) is 28.4 Å². The average molecular weight is 490 g/mol. The van der Waals surface area contributed by atoms with Gasteiger partial charge in [0, 0.05) is 18.5 Å². The van der Waals surface area contributed by atoms with Gasteiger partial charge in [-0.25, -0.2) is 9.09 Å². The van der Waals surface area contributed by atoms with E-state index in [0.717, 1.165) is 19.4 Å². The molecule has 12 heteroatoms. The van der Waals surface area contributed by atoms with E-state index in [-0.39, 0.29) is 25.5 Å². The molecule has 33 heavy (non-hydrogen) atoms. The van der Waals surface area contributed by atoms with E-state index in [1.54, 1.807) is 34.6 Å². The number of phosphoric acid groups is 1. The van der Waals surface area contributed by atoms with Gasteiger partial charge in [-0.05, 0) is 45.7 Å². The molecule has 2 aliphatic rings. The second kappa shape index (κ2) is 11.6. The van der Waals surface area contributed by atoms with Crippen LogP contribution in [0.3, 0.4) is 0 Å². The largest absolute Gasteiger partial charge is 0.478 e. The molecule has 1 N–H and O–H groups in total. The zero-order valence-electron chi connectivity index (χ0n) is 20.0. The van der Waals surface area contributed by atoms with Crippen molar-refractivity contribution in [3.8, 4) is 0 Å². The number of carbonyl (C=O) groups excluding carboxylic acids is 3.